The van der Waals surface area contributed by atoms with E-state index in [1.165, 1.54) is 32.1 Å². The Bertz CT molecular complexity index is 389. The van der Waals surface area contributed by atoms with Crippen molar-refractivity contribution in [3.8, 4) is 0 Å². The van der Waals surface area contributed by atoms with Gasteiger partial charge in [0, 0.05) is 24.5 Å². The molecule has 1 aliphatic carbocycles. The van der Waals surface area contributed by atoms with E-state index in [4.69, 9.17) is 0 Å². The molecule has 0 atom stereocenters. The normalized spacial score (nSPS) is 18.0. The molecule has 1 heterocycles. The molecule has 0 amide bonds. The lowest BCUT2D eigenvalue weighted by molar-refractivity contribution is -0.400. The van der Waals surface area contributed by atoms with Gasteiger partial charge in [0.25, 0.3) is 0 Å². The number of nitrogens with zero attached hydrogens (tertiary/aromatic N) is 2. The second-order valence-electron chi connectivity index (χ2n) is 4.28. The summed E-state index contributed by atoms with van der Waals surface area (Å²) >= 11 is 0. The number of hydrogen-bond donors (Lipinski definition) is 0. The highest BCUT2D eigenvalue weighted by Gasteiger charge is 2.14. The molecule has 86 valence electrons. The Balaban J connectivity index is 2.03. The molecule has 0 saturated heterocycles. The zero-order chi connectivity index (χ0) is 11.4. The van der Waals surface area contributed by atoms with Gasteiger partial charge in [-0.3, -0.25) is 10.1 Å². The predicted octanol–water partition coefficient (Wildman–Crippen LogP) is 3.24. The Morgan fingerprint density at radius 1 is 1.38 bits per heavy atom. The molecule has 1 aliphatic rings. The average Bonchev–Trinajstić information content (AvgIpc) is 2.76. The van der Waals surface area contributed by atoms with Gasteiger partial charge in [0.1, 0.15) is 0 Å². The molecular formula is C12H16N2O2. The first kappa shape index (κ1) is 10.9. The predicted molar refractivity (Wildman–Crippen MR) is 62.6 cm³/mol. The van der Waals surface area contributed by atoms with Gasteiger partial charge in [0.15, 0.2) is 0 Å². The van der Waals surface area contributed by atoms with Crippen LogP contribution in [-0.4, -0.2) is 9.49 Å². The summed E-state index contributed by atoms with van der Waals surface area (Å²) in [6.45, 7) is 0. The fraction of sp³-hybridized carbons (Fsp3) is 0.500. The molecule has 2 rings (SSSR count). The highest BCUT2D eigenvalue weighted by atomic mass is 16.6. The minimum Gasteiger partial charge on any atom is -0.351 e. The monoisotopic (exact) mass is 220 g/mol. The number of aromatic nitrogens is 1. The van der Waals surface area contributed by atoms with Crippen molar-refractivity contribution in [2.24, 2.45) is 0 Å². The van der Waals surface area contributed by atoms with Crippen molar-refractivity contribution in [3.63, 3.8) is 0 Å². The topological polar surface area (TPSA) is 48.1 Å². The van der Waals surface area contributed by atoms with Crippen molar-refractivity contribution in [1.29, 1.82) is 0 Å². The van der Waals surface area contributed by atoms with Crippen LogP contribution in [0.2, 0.25) is 0 Å². The van der Waals surface area contributed by atoms with Crippen molar-refractivity contribution in [2.75, 3.05) is 0 Å². The molecule has 16 heavy (non-hydrogen) atoms. The van der Waals surface area contributed by atoms with E-state index in [9.17, 15) is 10.1 Å². The number of nitro groups is 1. The van der Waals surface area contributed by atoms with E-state index >= 15 is 0 Å². The van der Waals surface area contributed by atoms with Crippen LogP contribution in [0.3, 0.4) is 0 Å². The molecule has 0 aliphatic heterocycles. The van der Waals surface area contributed by atoms with Gasteiger partial charge < -0.3 is 4.57 Å². The van der Waals surface area contributed by atoms with E-state index in [-0.39, 0.29) is 0 Å². The van der Waals surface area contributed by atoms with Crippen molar-refractivity contribution in [3.05, 3.63) is 40.3 Å². The maximum Gasteiger partial charge on any atom is 0.235 e. The Morgan fingerprint density at radius 2 is 2.12 bits per heavy atom. The third-order valence-corrected chi connectivity index (χ3v) is 3.12. The fourth-order valence-electron chi connectivity index (χ4n) is 2.28. The van der Waals surface area contributed by atoms with Crippen LogP contribution in [-0.2, 0) is 0 Å². The Morgan fingerprint density at radius 3 is 2.81 bits per heavy atom. The zero-order valence-corrected chi connectivity index (χ0v) is 9.21. The van der Waals surface area contributed by atoms with Crippen LogP contribution in [0.4, 0.5) is 0 Å². The summed E-state index contributed by atoms with van der Waals surface area (Å²) in [5.41, 5.74) is 0.905. The first-order valence-electron chi connectivity index (χ1n) is 5.75. The lowest BCUT2D eigenvalue weighted by Crippen LogP contribution is -2.10. The van der Waals surface area contributed by atoms with Gasteiger partial charge in [0.05, 0.1) is 4.92 Å². The second-order valence-corrected chi connectivity index (χ2v) is 4.28. The van der Waals surface area contributed by atoms with Gasteiger partial charge in [-0.05, 0) is 24.5 Å². The summed E-state index contributed by atoms with van der Waals surface area (Å²) in [5, 5.41) is 10.2. The van der Waals surface area contributed by atoms with E-state index in [0.717, 1.165) is 11.8 Å². The van der Waals surface area contributed by atoms with E-state index < -0.39 is 4.92 Å². The summed E-state index contributed by atoms with van der Waals surface area (Å²) < 4.78 is 2.19. The van der Waals surface area contributed by atoms with Crippen molar-refractivity contribution < 1.29 is 4.92 Å². The van der Waals surface area contributed by atoms with Gasteiger partial charge in [-0.1, -0.05) is 19.3 Å². The summed E-state index contributed by atoms with van der Waals surface area (Å²) in [4.78, 5) is 9.76. The van der Waals surface area contributed by atoms with Gasteiger partial charge in [-0.2, -0.15) is 0 Å². The molecule has 4 heteroatoms. The van der Waals surface area contributed by atoms with Gasteiger partial charge in [-0.25, -0.2) is 0 Å². The lowest BCUT2D eigenvalue weighted by atomic mass is 9.95. The van der Waals surface area contributed by atoms with Gasteiger partial charge in [-0.15, -0.1) is 0 Å². The molecule has 0 spiro atoms. The van der Waals surface area contributed by atoms with Crippen LogP contribution in [0, 0.1) is 10.1 Å². The summed E-state index contributed by atoms with van der Waals surface area (Å²) in [6.07, 6.45) is 12.9. The lowest BCUT2D eigenvalue weighted by Gasteiger charge is -2.23. The van der Waals surface area contributed by atoms with Crippen molar-refractivity contribution >= 4 is 6.08 Å². The second kappa shape index (κ2) is 4.96. The molecular weight excluding hydrogens is 204 g/mol. The van der Waals surface area contributed by atoms with Crippen LogP contribution < -0.4 is 0 Å². The Kier molecular flexibility index (Phi) is 3.39. The van der Waals surface area contributed by atoms with Gasteiger partial charge >= 0.3 is 0 Å². The number of rotatable bonds is 3. The van der Waals surface area contributed by atoms with Crippen LogP contribution >= 0.6 is 0 Å². The third kappa shape index (κ3) is 2.72. The molecule has 1 fully saturated rings. The van der Waals surface area contributed by atoms with E-state index in [1.54, 1.807) is 6.08 Å². The van der Waals surface area contributed by atoms with Crippen molar-refractivity contribution in [1.82, 2.24) is 4.57 Å². The molecule has 1 aromatic heterocycles. The quantitative estimate of drug-likeness (QED) is 0.580. The van der Waals surface area contributed by atoms with Crippen LogP contribution in [0.15, 0.2) is 24.7 Å². The molecule has 0 unspecified atom stereocenters. The minimum atomic E-state index is -0.433. The highest BCUT2D eigenvalue weighted by Crippen LogP contribution is 2.28. The molecule has 0 bridgehead atoms. The zero-order valence-electron chi connectivity index (χ0n) is 9.21. The molecule has 0 aromatic carbocycles. The largest absolute Gasteiger partial charge is 0.351 e. The van der Waals surface area contributed by atoms with Crippen LogP contribution in [0.5, 0.6) is 0 Å². The molecule has 1 aromatic rings. The minimum absolute atomic E-state index is 0.433. The smallest absolute Gasteiger partial charge is 0.235 e. The van der Waals surface area contributed by atoms with Crippen LogP contribution in [0.25, 0.3) is 6.08 Å². The maximum absolute atomic E-state index is 10.2. The standard InChI is InChI=1S/C12H16N2O2/c15-14(16)9-7-11-6-8-13(10-11)12-4-2-1-3-5-12/h6-10,12H,1-5H2/b9-7+. The summed E-state index contributed by atoms with van der Waals surface area (Å²) in [6, 6.07) is 2.51. The highest BCUT2D eigenvalue weighted by molar-refractivity contribution is 5.46. The van der Waals surface area contributed by atoms with Crippen molar-refractivity contribution in [2.45, 2.75) is 38.1 Å². The first-order valence-corrected chi connectivity index (χ1v) is 5.75. The third-order valence-electron chi connectivity index (χ3n) is 3.12. The van der Waals surface area contributed by atoms with E-state index in [0.29, 0.717) is 6.04 Å². The SMILES string of the molecule is O=[N+]([O-])/C=C/c1ccn(C2CCCCC2)c1. The molecule has 0 N–H and O–H groups in total. The molecule has 4 nitrogen and oxygen atoms in total. The van der Waals surface area contributed by atoms with E-state index in [1.807, 2.05) is 18.5 Å². The summed E-state index contributed by atoms with van der Waals surface area (Å²) in [5.74, 6) is 0. The number of hydrogen-bond acceptors (Lipinski definition) is 2. The Labute approximate surface area is 94.7 Å². The average molecular weight is 220 g/mol. The maximum atomic E-state index is 10.2. The summed E-state index contributed by atoms with van der Waals surface area (Å²) in [7, 11) is 0. The van der Waals surface area contributed by atoms with Crippen LogP contribution in [0.1, 0.15) is 43.7 Å². The first-order chi connectivity index (χ1) is 7.75. The molecule has 1 saturated carbocycles. The fourth-order valence-corrected chi connectivity index (χ4v) is 2.28. The van der Waals surface area contributed by atoms with E-state index in [2.05, 4.69) is 4.57 Å². The molecule has 0 radical (unpaired) electrons. The Hall–Kier alpha value is -1.58. The van der Waals surface area contributed by atoms with Gasteiger partial charge in [0.2, 0.25) is 6.20 Å².